The maximum atomic E-state index is 12.1. The van der Waals surface area contributed by atoms with Crippen molar-refractivity contribution in [2.24, 2.45) is 0 Å². The second kappa shape index (κ2) is 5.44. The van der Waals surface area contributed by atoms with E-state index >= 15 is 0 Å². The first-order valence-electron chi connectivity index (χ1n) is 7.39. The third-order valence-corrected chi connectivity index (χ3v) is 3.53. The number of H-pyrrole nitrogens is 1. The topological polar surface area (TPSA) is 71.1 Å². The van der Waals surface area contributed by atoms with Crippen LogP contribution in [0.25, 0.3) is 16.7 Å². The number of fused-ring (bicyclic) bond motifs is 1. The number of aromatic nitrogens is 3. The van der Waals surface area contributed by atoms with Gasteiger partial charge in [-0.3, -0.25) is 0 Å². The van der Waals surface area contributed by atoms with E-state index in [0.29, 0.717) is 13.1 Å². The molecule has 1 aliphatic rings. The fourth-order valence-corrected chi connectivity index (χ4v) is 2.51. The van der Waals surface area contributed by atoms with Gasteiger partial charge < -0.3 is 14.6 Å². The molecule has 0 aromatic carbocycles. The highest BCUT2D eigenvalue weighted by atomic mass is 16.6. The number of nitrogens with one attached hydrogen (secondary N) is 1. The highest BCUT2D eigenvalue weighted by molar-refractivity contribution is 5.87. The molecule has 0 bridgehead atoms. The molecule has 0 radical (unpaired) electrons. The zero-order valence-electron chi connectivity index (χ0n) is 13.1. The van der Waals surface area contributed by atoms with Crippen LogP contribution in [0.1, 0.15) is 32.8 Å². The minimum Gasteiger partial charge on any atom is -0.444 e. The van der Waals surface area contributed by atoms with Crippen LogP contribution in [0.15, 0.2) is 24.7 Å². The predicted octanol–water partition coefficient (Wildman–Crippen LogP) is 2.98. The third kappa shape index (κ3) is 2.95. The fourth-order valence-electron chi connectivity index (χ4n) is 2.51. The second-order valence-corrected chi connectivity index (χ2v) is 6.36. The van der Waals surface area contributed by atoms with Gasteiger partial charge in [0.25, 0.3) is 0 Å². The molecular weight excluding hydrogens is 280 g/mol. The summed E-state index contributed by atoms with van der Waals surface area (Å²) in [5, 5.41) is 0. The summed E-state index contributed by atoms with van der Waals surface area (Å²) in [7, 11) is 0. The number of imidazole rings is 1. The minimum absolute atomic E-state index is 0.262. The van der Waals surface area contributed by atoms with Crippen molar-refractivity contribution in [3.8, 4) is 0 Å². The highest BCUT2D eigenvalue weighted by Crippen LogP contribution is 2.27. The van der Waals surface area contributed by atoms with Crippen LogP contribution in [0.3, 0.4) is 0 Å². The molecule has 1 N–H and O–H groups in total. The lowest BCUT2D eigenvalue weighted by Crippen LogP contribution is -2.39. The van der Waals surface area contributed by atoms with Crippen molar-refractivity contribution in [2.45, 2.75) is 32.8 Å². The van der Waals surface area contributed by atoms with Gasteiger partial charge in [0, 0.05) is 24.8 Å². The molecule has 0 fully saturated rings. The molecule has 3 rings (SSSR count). The molecule has 0 aliphatic carbocycles. The summed E-state index contributed by atoms with van der Waals surface area (Å²) < 4.78 is 5.41. The van der Waals surface area contributed by atoms with Crippen LogP contribution in [0.5, 0.6) is 0 Å². The van der Waals surface area contributed by atoms with Crippen LogP contribution >= 0.6 is 0 Å². The van der Waals surface area contributed by atoms with Crippen LogP contribution in [0.2, 0.25) is 0 Å². The summed E-state index contributed by atoms with van der Waals surface area (Å²) in [6, 6.07) is 1.97. The quantitative estimate of drug-likeness (QED) is 0.879. The Kier molecular flexibility index (Phi) is 3.60. The van der Waals surface area contributed by atoms with Gasteiger partial charge in [-0.2, -0.15) is 0 Å². The van der Waals surface area contributed by atoms with Crippen molar-refractivity contribution in [3.63, 3.8) is 0 Å². The molecule has 22 heavy (non-hydrogen) atoms. The summed E-state index contributed by atoms with van der Waals surface area (Å²) in [5.74, 6) is 0. The molecule has 0 atom stereocenters. The standard InChI is InChI=1S/C16H20N4O2/c1-16(2,3)22-15(21)20-8-5-11(6-9-20)12-4-7-17-14-13(12)18-10-19-14/h4-5,7,10H,6,8-9H2,1-3H3,(H,17,18,19). The molecule has 6 nitrogen and oxygen atoms in total. The maximum absolute atomic E-state index is 12.1. The molecule has 0 spiro atoms. The van der Waals surface area contributed by atoms with Crippen LogP contribution in [0, 0.1) is 0 Å². The normalized spacial score (nSPS) is 15.8. The van der Waals surface area contributed by atoms with E-state index in [9.17, 15) is 4.79 Å². The average Bonchev–Trinajstić information content (AvgIpc) is 2.94. The number of carbonyl (C=O) groups excluding carboxylic acids is 1. The number of amides is 1. The molecule has 0 saturated carbocycles. The lowest BCUT2D eigenvalue weighted by molar-refractivity contribution is 0.0270. The number of carbonyl (C=O) groups is 1. The molecule has 2 aromatic rings. The predicted molar refractivity (Wildman–Crippen MR) is 84.3 cm³/mol. The van der Waals surface area contributed by atoms with Gasteiger partial charge in [0.05, 0.1) is 6.33 Å². The van der Waals surface area contributed by atoms with Gasteiger partial charge in [0.1, 0.15) is 11.1 Å². The Hall–Kier alpha value is -2.37. The monoisotopic (exact) mass is 300 g/mol. The van der Waals surface area contributed by atoms with Gasteiger partial charge >= 0.3 is 6.09 Å². The van der Waals surface area contributed by atoms with Gasteiger partial charge in [-0.1, -0.05) is 6.08 Å². The third-order valence-electron chi connectivity index (χ3n) is 3.53. The van der Waals surface area contributed by atoms with Crippen molar-refractivity contribution >= 4 is 22.8 Å². The molecule has 6 heteroatoms. The second-order valence-electron chi connectivity index (χ2n) is 6.36. The summed E-state index contributed by atoms with van der Waals surface area (Å²) in [4.78, 5) is 25.4. The number of hydrogen-bond acceptors (Lipinski definition) is 4. The first-order chi connectivity index (χ1) is 10.4. The van der Waals surface area contributed by atoms with Crippen LogP contribution in [-0.4, -0.2) is 44.6 Å². The van der Waals surface area contributed by atoms with Gasteiger partial charge in [-0.25, -0.2) is 14.8 Å². The average molecular weight is 300 g/mol. The molecule has 1 aliphatic heterocycles. The zero-order chi connectivity index (χ0) is 15.7. The van der Waals surface area contributed by atoms with Crippen molar-refractivity contribution in [2.75, 3.05) is 13.1 Å². The van der Waals surface area contributed by atoms with E-state index in [1.807, 2.05) is 26.8 Å². The van der Waals surface area contributed by atoms with Gasteiger partial charge in [-0.05, 0) is 38.8 Å². The molecule has 1 amide bonds. The number of pyridine rings is 1. The molecular formula is C16H20N4O2. The minimum atomic E-state index is -0.465. The van der Waals surface area contributed by atoms with E-state index in [0.717, 1.165) is 23.1 Å². The summed E-state index contributed by atoms with van der Waals surface area (Å²) in [6.45, 7) is 6.83. The SMILES string of the molecule is CC(C)(C)OC(=O)N1CC=C(c2ccnc3[nH]cnc23)CC1. The van der Waals surface area contributed by atoms with E-state index in [1.54, 1.807) is 17.4 Å². The summed E-state index contributed by atoms with van der Waals surface area (Å²) in [5.41, 5.74) is 3.47. The largest absolute Gasteiger partial charge is 0.444 e. The number of hydrogen-bond donors (Lipinski definition) is 1. The Balaban J connectivity index is 1.77. The van der Waals surface area contributed by atoms with E-state index in [-0.39, 0.29) is 6.09 Å². The molecule has 116 valence electrons. The van der Waals surface area contributed by atoms with Crippen molar-refractivity contribution in [1.29, 1.82) is 0 Å². The van der Waals surface area contributed by atoms with Crippen molar-refractivity contribution in [3.05, 3.63) is 30.2 Å². The van der Waals surface area contributed by atoms with E-state index < -0.39 is 5.60 Å². The number of aromatic amines is 1. The molecule has 2 aromatic heterocycles. The number of nitrogens with zero attached hydrogens (tertiary/aromatic N) is 3. The van der Waals surface area contributed by atoms with Crippen LogP contribution < -0.4 is 0 Å². The summed E-state index contributed by atoms with van der Waals surface area (Å²) in [6.07, 6.45) is 6.01. The Morgan fingerprint density at radius 3 is 2.86 bits per heavy atom. The Bertz CT molecular complexity index is 727. The number of rotatable bonds is 1. The fraction of sp³-hybridized carbons (Fsp3) is 0.438. The van der Waals surface area contributed by atoms with E-state index in [2.05, 4.69) is 21.0 Å². The highest BCUT2D eigenvalue weighted by Gasteiger charge is 2.24. The first kappa shape index (κ1) is 14.6. The molecule has 0 unspecified atom stereocenters. The van der Waals surface area contributed by atoms with Crippen molar-refractivity contribution in [1.82, 2.24) is 19.9 Å². The molecule has 3 heterocycles. The smallest absolute Gasteiger partial charge is 0.410 e. The lowest BCUT2D eigenvalue weighted by atomic mass is 10.00. The maximum Gasteiger partial charge on any atom is 0.410 e. The first-order valence-corrected chi connectivity index (χ1v) is 7.39. The van der Waals surface area contributed by atoms with Gasteiger partial charge in [0.15, 0.2) is 5.65 Å². The molecule has 0 saturated heterocycles. The van der Waals surface area contributed by atoms with Crippen LogP contribution in [-0.2, 0) is 4.74 Å². The van der Waals surface area contributed by atoms with Crippen LogP contribution in [0.4, 0.5) is 4.79 Å². The van der Waals surface area contributed by atoms with Gasteiger partial charge in [0.2, 0.25) is 0 Å². The number of ether oxygens (including phenoxy) is 1. The van der Waals surface area contributed by atoms with E-state index in [4.69, 9.17) is 4.74 Å². The lowest BCUT2D eigenvalue weighted by Gasteiger charge is -2.29. The van der Waals surface area contributed by atoms with E-state index in [1.165, 1.54) is 5.57 Å². The zero-order valence-corrected chi connectivity index (χ0v) is 13.1. The summed E-state index contributed by atoms with van der Waals surface area (Å²) >= 11 is 0. The Morgan fingerprint density at radius 1 is 1.36 bits per heavy atom. The van der Waals surface area contributed by atoms with Crippen molar-refractivity contribution < 1.29 is 9.53 Å². The Labute approximate surface area is 129 Å². The Morgan fingerprint density at radius 2 is 2.18 bits per heavy atom. The van der Waals surface area contributed by atoms with Gasteiger partial charge in [-0.15, -0.1) is 0 Å².